The number of ether oxygens (including phenoxy) is 1. The van der Waals surface area contributed by atoms with Crippen LogP contribution in [0.4, 0.5) is 0 Å². The van der Waals surface area contributed by atoms with Crippen LogP contribution in [0.1, 0.15) is 20.8 Å². The van der Waals surface area contributed by atoms with Crippen molar-refractivity contribution in [3.05, 3.63) is 12.2 Å². The largest absolute Gasteiger partial charge is 0.478 e. The number of carboxylic acids is 1. The summed E-state index contributed by atoms with van der Waals surface area (Å²) < 4.78 is 4.93. The Balaban J connectivity index is 4.42. The van der Waals surface area contributed by atoms with Crippen LogP contribution in [0.2, 0.25) is 0 Å². The molecule has 5 nitrogen and oxygen atoms in total. The van der Waals surface area contributed by atoms with Crippen LogP contribution in [-0.4, -0.2) is 22.6 Å². The van der Waals surface area contributed by atoms with Gasteiger partial charge in [-0.1, -0.05) is 0 Å². The van der Waals surface area contributed by atoms with Gasteiger partial charge in [0.25, 0.3) is 0 Å². The van der Waals surface area contributed by atoms with E-state index >= 15 is 0 Å². The quantitative estimate of drug-likeness (QED) is 0.555. The van der Waals surface area contributed by atoms with E-state index in [1.54, 1.807) is 20.8 Å². The van der Waals surface area contributed by atoms with Gasteiger partial charge in [0.1, 0.15) is 5.60 Å². The van der Waals surface area contributed by atoms with Gasteiger partial charge in [-0.2, -0.15) is 5.26 Å². The highest BCUT2D eigenvalue weighted by Gasteiger charge is 2.29. The molecule has 0 heterocycles. The Morgan fingerprint density at radius 2 is 2.00 bits per heavy atom. The maximum absolute atomic E-state index is 11.1. The second kappa shape index (κ2) is 5.15. The summed E-state index contributed by atoms with van der Waals surface area (Å²) in [5, 5.41) is 16.9. The van der Waals surface area contributed by atoms with E-state index in [1.165, 1.54) is 0 Å². The first-order valence-electron chi connectivity index (χ1n) is 4.33. The normalized spacial score (nSPS) is 13.2. The van der Waals surface area contributed by atoms with Crippen molar-refractivity contribution in [2.75, 3.05) is 0 Å². The third-order valence-corrected chi connectivity index (χ3v) is 1.96. The Bertz CT molecular complexity index is 325. The first kappa shape index (κ1) is 13.2. The summed E-state index contributed by atoms with van der Waals surface area (Å²) in [6.07, 6.45) is 1.50. The smallest absolute Gasteiger partial charge is 0.331 e. The van der Waals surface area contributed by atoms with Crippen LogP contribution in [0.3, 0.4) is 0 Å². The Labute approximate surface area is 88.0 Å². The molecule has 0 saturated heterocycles. The van der Waals surface area contributed by atoms with Gasteiger partial charge >= 0.3 is 11.9 Å². The fraction of sp³-hybridized carbons (Fsp3) is 0.500. The van der Waals surface area contributed by atoms with Gasteiger partial charge < -0.3 is 9.84 Å². The second-order valence-electron chi connectivity index (χ2n) is 3.55. The van der Waals surface area contributed by atoms with Gasteiger partial charge in [-0.3, -0.25) is 0 Å². The summed E-state index contributed by atoms with van der Waals surface area (Å²) in [6.45, 7) is 4.80. The molecule has 82 valence electrons. The zero-order valence-corrected chi connectivity index (χ0v) is 8.85. The van der Waals surface area contributed by atoms with Crippen molar-refractivity contribution in [2.24, 2.45) is 5.92 Å². The molecule has 0 aromatic heterocycles. The van der Waals surface area contributed by atoms with Crippen molar-refractivity contribution in [2.45, 2.75) is 26.4 Å². The van der Waals surface area contributed by atoms with Gasteiger partial charge in [0, 0.05) is 12.2 Å². The van der Waals surface area contributed by atoms with Crippen molar-refractivity contribution in [1.82, 2.24) is 0 Å². The first-order valence-corrected chi connectivity index (χ1v) is 4.33. The molecule has 1 atom stereocenters. The van der Waals surface area contributed by atoms with E-state index in [0.29, 0.717) is 6.08 Å². The molecule has 1 unspecified atom stereocenters. The third kappa shape index (κ3) is 4.81. The van der Waals surface area contributed by atoms with Crippen molar-refractivity contribution in [3.8, 4) is 6.07 Å². The van der Waals surface area contributed by atoms with Crippen LogP contribution in [0.25, 0.3) is 0 Å². The topological polar surface area (TPSA) is 87.4 Å². The monoisotopic (exact) mass is 211 g/mol. The average molecular weight is 211 g/mol. The summed E-state index contributed by atoms with van der Waals surface area (Å²) in [5.41, 5.74) is -0.936. The van der Waals surface area contributed by atoms with Gasteiger partial charge in [0.05, 0.1) is 12.0 Å². The summed E-state index contributed by atoms with van der Waals surface area (Å²) in [5.74, 6) is -2.47. The zero-order chi connectivity index (χ0) is 12.1. The Morgan fingerprint density at radius 3 is 2.40 bits per heavy atom. The van der Waals surface area contributed by atoms with Crippen molar-refractivity contribution >= 4 is 11.9 Å². The van der Waals surface area contributed by atoms with Gasteiger partial charge in [0.15, 0.2) is 0 Å². The lowest BCUT2D eigenvalue weighted by Gasteiger charge is -2.26. The van der Waals surface area contributed by atoms with Crippen LogP contribution < -0.4 is 0 Å². The molecule has 5 heteroatoms. The minimum absolute atomic E-state index is 0.473. The molecule has 0 aliphatic heterocycles. The number of carbonyl (C=O) groups excluding carboxylic acids is 1. The van der Waals surface area contributed by atoms with E-state index < -0.39 is 23.5 Å². The Morgan fingerprint density at radius 1 is 1.47 bits per heavy atom. The second-order valence-corrected chi connectivity index (χ2v) is 3.55. The number of hydrogen-bond donors (Lipinski definition) is 1. The molecule has 1 N–H and O–H groups in total. The number of carboxylic acid groups (broad SMARTS) is 1. The summed E-state index contributed by atoms with van der Waals surface area (Å²) in [7, 11) is 0. The lowest BCUT2D eigenvalue weighted by molar-refractivity contribution is -0.153. The van der Waals surface area contributed by atoms with Gasteiger partial charge in [-0.15, -0.1) is 0 Å². The Kier molecular flexibility index (Phi) is 4.52. The highest BCUT2D eigenvalue weighted by molar-refractivity contribution is 5.90. The lowest BCUT2D eigenvalue weighted by atomic mass is 9.94. The molecule has 0 aromatic carbocycles. The van der Waals surface area contributed by atoms with E-state index in [1.807, 2.05) is 6.07 Å². The zero-order valence-electron chi connectivity index (χ0n) is 8.85. The number of esters is 1. The van der Waals surface area contributed by atoms with E-state index in [-0.39, 0.29) is 0 Å². The molecule has 0 saturated carbocycles. The minimum Gasteiger partial charge on any atom is -0.478 e. The van der Waals surface area contributed by atoms with Gasteiger partial charge in [-0.05, 0) is 20.8 Å². The molecular formula is C10H13NO4. The molecule has 0 spiro atoms. The number of aliphatic carboxylic acids is 1. The molecule has 0 fully saturated rings. The van der Waals surface area contributed by atoms with Crippen LogP contribution in [0.5, 0.6) is 0 Å². The number of nitriles is 1. The summed E-state index contributed by atoms with van der Waals surface area (Å²) in [6, 6.07) is 1.96. The maximum atomic E-state index is 11.1. The number of hydrogen-bond acceptors (Lipinski definition) is 4. The van der Waals surface area contributed by atoms with Crippen LogP contribution in [0.15, 0.2) is 12.2 Å². The Hall–Kier alpha value is -1.83. The summed E-state index contributed by atoms with van der Waals surface area (Å²) >= 11 is 0. The van der Waals surface area contributed by atoms with Crippen LogP contribution in [-0.2, 0) is 14.3 Å². The SMILES string of the molecule is CC(C#N)C(C)(C)OC(=O)C=CC(=O)O. The molecule has 0 aromatic rings. The van der Waals surface area contributed by atoms with Gasteiger partial charge in [-0.25, -0.2) is 9.59 Å². The minimum atomic E-state index is -1.22. The molecular weight excluding hydrogens is 198 g/mol. The van der Waals surface area contributed by atoms with Crippen molar-refractivity contribution < 1.29 is 19.4 Å². The van der Waals surface area contributed by atoms with Crippen molar-refractivity contribution in [3.63, 3.8) is 0 Å². The molecule has 0 amide bonds. The number of rotatable bonds is 4. The van der Waals surface area contributed by atoms with E-state index in [0.717, 1.165) is 6.08 Å². The number of nitrogens with zero attached hydrogens (tertiary/aromatic N) is 1. The van der Waals surface area contributed by atoms with Gasteiger partial charge in [0.2, 0.25) is 0 Å². The van der Waals surface area contributed by atoms with Crippen LogP contribution in [0, 0.1) is 17.2 Å². The highest BCUT2D eigenvalue weighted by atomic mass is 16.6. The lowest BCUT2D eigenvalue weighted by Crippen LogP contribution is -2.34. The third-order valence-electron chi connectivity index (χ3n) is 1.96. The predicted molar refractivity (Wildman–Crippen MR) is 51.7 cm³/mol. The van der Waals surface area contributed by atoms with Crippen LogP contribution >= 0.6 is 0 Å². The molecule has 0 aliphatic carbocycles. The molecule has 15 heavy (non-hydrogen) atoms. The molecule has 0 radical (unpaired) electrons. The molecule has 0 bridgehead atoms. The predicted octanol–water partition coefficient (Wildman–Crippen LogP) is 1.11. The highest BCUT2D eigenvalue weighted by Crippen LogP contribution is 2.20. The fourth-order valence-corrected chi connectivity index (χ4v) is 0.676. The average Bonchev–Trinajstić information content (AvgIpc) is 2.12. The maximum Gasteiger partial charge on any atom is 0.331 e. The van der Waals surface area contributed by atoms with Crippen molar-refractivity contribution in [1.29, 1.82) is 5.26 Å². The fourth-order valence-electron chi connectivity index (χ4n) is 0.676. The summed E-state index contributed by atoms with van der Waals surface area (Å²) in [4.78, 5) is 21.2. The molecule has 0 aliphatic rings. The standard InChI is InChI=1S/C10H13NO4/c1-7(6-11)10(2,3)15-9(14)5-4-8(12)13/h4-5,7H,1-3H3,(H,12,13). The number of carbonyl (C=O) groups is 2. The first-order chi connectivity index (χ1) is 6.79. The molecule has 0 rings (SSSR count). The van der Waals surface area contributed by atoms with E-state index in [4.69, 9.17) is 15.1 Å². The van der Waals surface area contributed by atoms with E-state index in [9.17, 15) is 9.59 Å². The van der Waals surface area contributed by atoms with E-state index in [2.05, 4.69) is 0 Å².